The van der Waals surface area contributed by atoms with E-state index in [-0.39, 0.29) is 30.9 Å². The number of pyridine rings is 1. The van der Waals surface area contributed by atoms with Gasteiger partial charge in [-0.15, -0.1) is 0 Å². The van der Waals surface area contributed by atoms with Crippen LogP contribution in [-0.2, 0) is 16.1 Å². The molecular formula is C20H23N3O4. The fourth-order valence-electron chi connectivity index (χ4n) is 2.78. The average molecular weight is 369 g/mol. The van der Waals surface area contributed by atoms with E-state index in [1.165, 1.54) is 0 Å². The Morgan fingerprint density at radius 2 is 2.11 bits per heavy atom. The molecule has 142 valence electrons. The zero-order valence-corrected chi connectivity index (χ0v) is 15.5. The summed E-state index contributed by atoms with van der Waals surface area (Å²) in [6, 6.07) is 11.0. The Morgan fingerprint density at radius 3 is 2.93 bits per heavy atom. The van der Waals surface area contributed by atoms with Gasteiger partial charge in [0.1, 0.15) is 5.75 Å². The Balaban J connectivity index is 1.56. The first-order valence-electron chi connectivity index (χ1n) is 8.94. The summed E-state index contributed by atoms with van der Waals surface area (Å²) in [5, 5.41) is 2.86. The number of benzene rings is 1. The molecule has 1 N–H and O–H groups in total. The Labute approximate surface area is 158 Å². The van der Waals surface area contributed by atoms with Gasteiger partial charge in [-0.05, 0) is 32.0 Å². The molecule has 0 bridgehead atoms. The molecule has 1 aliphatic heterocycles. The van der Waals surface area contributed by atoms with Crippen molar-refractivity contribution in [2.75, 3.05) is 18.1 Å². The minimum atomic E-state index is -0.152. The van der Waals surface area contributed by atoms with Gasteiger partial charge in [0.25, 0.3) is 5.91 Å². The number of fused-ring (bicyclic) bond motifs is 1. The van der Waals surface area contributed by atoms with Crippen molar-refractivity contribution in [2.45, 2.75) is 32.9 Å². The van der Waals surface area contributed by atoms with Crippen LogP contribution in [0.1, 0.15) is 25.8 Å². The number of aromatic nitrogens is 1. The van der Waals surface area contributed by atoms with Gasteiger partial charge in [0.15, 0.2) is 6.61 Å². The van der Waals surface area contributed by atoms with Crippen LogP contribution < -0.4 is 19.7 Å². The van der Waals surface area contributed by atoms with Crippen molar-refractivity contribution in [1.82, 2.24) is 10.3 Å². The van der Waals surface area contributed by atoms with Gasteiger partial charge in [-0.25, -0.2) is 4.98 Å². The van der Waals surface area contributed by atoms with Crippen LogP contribution >= 0.6 is 0 Å². The first kappa shape index (κ1) is 18.7. The first-order valence-corrected chi connectivity index (χ1v) is 8.94. The fraction of sp³-hybridized carbons (Fsp3) is 0.350. The molecule has 0 saturated heterocycles. The standard InChI is InChI=1S/C20H23N3O4/c1-14(2)27-20-15(6-5-10-21-20)12-22-18(24)9-11-23-16-7-3-4-8-17(16)26-13-19(23)25/h3-8,10,14H,9,11-13H2,1-2H3,(H,22,24). The van der Waals surface area contributed by atoms with Gasteiger partial charge in [-0.3, -0.25) is 9.59 Å². The van der Waals surface area contributed by atoms with Gasteiger partial charge in [0.2, 0.25) is 11.8 Å². The van der Waals surface area contributed by atoms with Crippen molar-refractivity contribution in [2.24, 2.45) is 0 Å². The second kappa shape index (κ2) is 8.53. The normalized spacial score (nSPS) is 13.1. The van der Waals surface area contributed by atoms with Crippen LogP contribution in [0, 0.1) is 0 Å². The summed E-state index contributed by atoms with van der Waals surface area (Å²) in [5.74, 6) is 0.876. The number of rotatable bonds is 7. The number of amides is 2. The lowest BCUT2D eigenvalue weighted by Gasteiger charge is -2.29. The predicted molar refractivity (Wildman–Crippen MR) is 101 cm³/mol. The number of para-hydroxylation sites is 2. The second-order valence-corrected chi connectivity index (χ2v) is 6.46. The second-order valence-electron chi connectivity index (χ2n) is 6.46. The van der Waals surface area contributed by atoms with Crippen molar-refractivity contribution in [3.05, 3.63) is 48.2 Å². The number of ether oxygens (including phenoxy) is 2. The monoisotopic (exact) mass is 369 g/mol. The van der Waals surface area contributed by atoms with Crippen LogP contribution in [0.5, 0.6) is 11.6 Å². The van der Waals surface area contributed by atoms with Crippen molar-refractivity contribution in [3.8, 4) is 11.6 Å². The van der Waals surface area contributed by atoms with Crippen molar-refractivity contribution < 1.29 is 19.1 Å². The number of carbonyl (C=O) groups excluding carboxylic acids is 2. The topological polar surface area (TPSA) is 80.8 Å². The summed E-state index contributed by atoms with van der Waals surface area (Å²) >= 11 is 0. The lowest BCUT2D eigenvalue weighted by atomic mass is 10.2. The maximum absolute atomic E-state index is 12.3. The lowest BCUT2D eigenvalue weighted by molar-refractivity contribution is -0.122. The molecule has 2 heterocycles. The molecule has 1 aromatic heterocycles. The molecule has 1 aliphatic rings. The molecule has 0 radical (unpaired) electrons. The molecule has 0 fully saturated rings. The highest BCUT2D eigenvalue weighted by Gasteiger charge is 2.25. The Kier molecular flexibility index (Phi) is 5.90. The first-order chi connectivity index (χ1) is 13.0. The van der Waals surface area contributed by atoms with E-state index in [0.717, 1.165) is 5.56 Å². The summed E-state index contributed by atoms with van der Waals surface area (Å²) < 4.78 is 11.1. The lowest BCUT2D eigenvalue weighted by Crippen LogP contribution is -2.41. The van der Waals surface area contributed by atoms with Crippen LogP contribution in [0.15, 0.2) is 42.6 Å². The highest BCUT2D eigenvalue weighted by molar-refractivity contribution is 5.98. The number of nitrogens with zero attached hydrogens (tertiary/aromatic N) is 2. The molecule has 0 unspecified atom stereocenters. The smallest absolute Gasteiger partial charge is 0.265 e. The molecule has 0 aliphatic carbocycles. The van der Waals surface area contributed by atoms with Gasteiger partial charge in [-0.2, -0.15) is 0 Å². The number of carbonyl (C=O) groups is 2. The molecule has 7 nitrogen and oxygen atoms in total. The molecular weight excluding hydrogens is 346 g/mol. The molecule has 2 amide bonds. The Hall–Kier alpha value is -3.09. The van der Waals surface area contributed by atoms with Crippen LogP contribution in [-0.4, -0.2) is 36.1 Å². The van der Waals surface area contributed by atoms with E-state index in [2.05, 4.69) is 10.3 Å². The summed E-state index contributed by atoms with van der Waals surface area (Å²) in [4.78, 5) is 30.2. The zero-order valence-electron chi connectivity index (χ0n) is 15.5. The van der Waals surface area contributed by atoms with E-state index in [1.807, 2.05) is 44.2 Å². The van der Waals surface area contributed by atoms with E-state index >= 15 is 0 Å². The van der Waals surface area contributed by atoms with Crippen LogP contribution in [0.2, 0.25) is 0 Å². The molecule has 27 heavy (non-hydrogen) atoms. The highest BCUT2D eigenvalue weighted by Crippen LogP contribution is 2.31. The van der Waals surface area contributed by atoms with E-state index in [1.54, 1.807) is 17.2 Å². The molecule has 0 atom stereocenters. The summed E-state index contributed by atoms with van der Waals surface area (Å²) in [6.45, 7) is 4.46. The van der Waals surface area contributed by atoms with Gasteiger partial charge in [0, 0.05) is 31.3 Å². The number of anilines is 1. The van der Waals surface area contributed by atoms with E-state index in [0.29, 0.717) is 30.4 Å². The Bertz CT molecular complexity index is 822. The van der Waals surface area contributed by atoms with Gasteiger partial charge in [0.05, 0.1) is 11.8 Å². The third-order valence-corrected chi connectivity index (χ3v) is 4.04. The van der Waals surface area contributed by atoms with Gasteiger partial charge >= 0.3 is 0 Å². The highest BCUT2D eigenvalue weighted by atomic mass is 16.5. The largest absolute Gasteiger partial charge is 0.482 e. The average Bonchev–Trinajstić information content (AvgIpc) is 2.66. The minimum Gasteiger partial charge on any atom is -0.482 e. The van der Waals surface area contributed by atoms with Gasteiger partial charge < -0.3 is 19.7 Å². The summed E-state index contributed by atoms with van der Waals surface area (Å²) in [5.41, 5.74) is 1.51. The molecule has 0 spiro atoms. The van der Waals surface area contributed by atoms with E-state index in [4.69, 9.17) is 9.47 Å². The molecule has 7 heteroatoms. The van der Waals surface area contributed by atoms with Crippen molar-refractivity contribution in [1.29, 1.82) is 0 Å². The van der Waals surface area contributed by atoms with E-state index in [9.17, 15) is 9.59 Å². The van der Waals surface area contributed by atoms with Crippen LogP contribution in [0.25, 0.3) is 0 Å². The maximum atomic E-state index is 12.3. The minimum absolute atomic E-state index is 0.00162. The van der Waals surface area contributed by atoms with E-state index < -0.39 is 0 Å². The fourth-order valence-corrected chi connectivity index (χ4v) is 2.78. The maximum Gasteiger partial charge on any atom is 0.265 e. The summed E-state index contributed by atoms with van der Waals surface area (Å²) in [7, 11) is 0. The van der Waals surface area contributed by atoms with Crippen molar-refractivity contribution in [3.63, 3.8) is 0 Å². The predicted octanol–water partition coefficient (Wildman–Crippen LogP) is 2.30. The SMILES string of the molecule is CC(C)Oc1ncccc1CNC(=O)CCN1C(=O)COc2ccccc21. The Morgan fingerprint density at radius 1 is 1.30 bits per heavy atom. The zero-order chi connectivity index (χ0) is 19.2. The third-order valence-electron chi connectivity index (χ3n) is 4.04. The molecule has 1 aromatic carbocycles. The number of nitrogens with one attached hydrogen (secondary N) is 1. The molecule has 2 aromatic rings. The number of hydrogen-bond donors (Lipinski definition) is 1. The van der Waals surface area contributed by atoms with Gasteiger partial charge in [-0.1, -0.05) is 18.2 Å². The molecule has 3 rings (SSSR count). The molecule has 0 saturated carbocycles. The van der Waals surface area contributed by atoms with Crippen LogP contribution in [0.4, 0.5) is 5.69 Å². The number of hydrogen-bond acceptors (Lipinski definition) is 5. The van der Waals surface area contributed by atoms with Crippen molar-refractivity contribution >= 4 is 17.5 Å². The van der Waals surface area contributed by atoms with Crippen LogP contribution in [0.3, 0.4) is 0 Å². The summed E-state index contributed by atoms with van der Waals surface area (Å²) in [6.07, 6.45) is 1.85. The quantitative estimate of drug-likeness (QED) is 0.810. The third kappa shape index (κ3) is 4.75.